The van der Waals surface area contributed by atoms with Crippen LogP contribution >= 0.6 is 0 Å². The lowest BCUT2D eigenvalue weighted by molar-refractivity contribution is -0.121. The molecule has 4 heteroatoms. The molecule has 0 radical (unpaired) electrons. The summed E-state index contributed by atoms with van der Waals surface area (Å²) < 4.78 is 5.39. The molecule has 2 atom stereocenters. The van der Waals surface area contributed by atoms with Crippen LogP contribution in [0.5, 0.6) is 0 Å². The van der Waals surface area contributed by atoms with Crippen LogP contribution in [0, 0.1) is 5.92 Å². The fourth-order valence-electron chi connectivity index (χ4n) is 2.09. The van der Waals surface area contributed by atoms with Gasteiger partial charge in [-0.05, 0) is 31.0 Å². The van der Waals surface area contributed by atoms with Crippen LogP contribution in [0.1, 0.15) is 18.9 Å². The summed E-state index contributed by atoms with van der Waals surface area (Å²) in [7, 11) is 0. The van der Waals surface area contributed by atoms with Crippen molar-refractivity contribution in [3.63, 3.8) is 0 Å². The highest BCUT2D eigenvalue weighted by Gasteiger charge is 2.30. The van der Waals surface area contributed by atoms with E-state index in [0.717, 1.165) is 17.7 Å². The number of hydrogen-bond donors (Lipinski definition) is 2. The van der Waals surface area contributed by atoms with E-state index in [9.17, 15) is 4.79 Å². The van der Waals surface area contributed by atoms with Gasteiger partial charge in [0.05, 0.1) is 12.0 Å². The minimum absolute atomic E-state index is 0.00712. The molecule has 1 aromatic carbocycles. The van der Waals surface area contributed by atoms with Gasteiger partial charge in [-0.25, -0.2) is 0 Å². The van der Waals surface area contributed by atoms with Crippen LogP contribution < -0.4 is 11.1 Å². The van der Waals surface area contributed by atoms with Crippen LogP contribution in [0.2, 0.25) is 0 Å². The number of hydrogen-bond acceptors (Lipinski definition) is 3. The molecule has 1 aromatic rings. The van der Waals surface area contributed by atoms with Crippen molar-refractivity contribution in [2.24, 2.45) is 11.7 Å². The minimum atomic E-state index is -0.0449. The molecule has 0 aromatic heterocycles. The van der Waals surface area contributed by atoms with Crippen molar-refractivity contribution in [1.82, 2.24) is 0 Å². The Kier molecular flexibility index (Phi) is 3.76. The van der Waals surface area contributed by atoms with Gasteiger partial charge >= 0.3 is 0 Å². The van der Waals surface area contributed by atoms with Crippen molar-refractivity contribution in [2.45, 2.75) is 26.0 Å². The van der Waals surface area contributed by atoms with Gasteiger partial charge in [0.1, 0.15) is 0 Å². The standard InChI is InChI=1S/C13H18N2O2/c1-9-12(5-6-17-9)13(16)15-11-4-2-3-10(7-11)8-14/h2-4,7,9,12H,5-6,8,14H2,1H3,(H,15,16). The topological polar surface area (TPSA) is 64.3 Å². The van der Waals surface area contributed by atoms with Gasteiger partial charge in [-0.3, -0.25) is 4.79 Å². The highest BCUT2D eigenvalue weighted by atomic mass is 16.5. The largest absolute Gasteiger partial charge is 0.378 e. The molecule has 1 aliphatic heterocycles. The van der Waals surface area contributed by atoms with E-state index in [2.05, 4.69) is 5.32 Å². The molecule has 2 rings (SSSR count). The first-order chi connectivity index (χ1) is 8.20. The summed E-state index contributed by atoms with van der Waals surface area (Å²) in [5, 5.41) is 2.91. The molecule has 0 saturated carbocycles. The van der Waals surface area contributed by atoms with E-state index in [-0.39, 0.29) is 17.9 Å². The smallest absolute Gasteiger partial charge is 0.230 e. The molecule has 1 fully saturated rings. The molecule has 1 heterocycles. The molecule has 2 unspecified atom stereocenters. The van der Waals surface area contributed by atoms with Crippen LogP contribution in [0.4, 0.5) is 5.69 Å². The second-order valence-corrected chi connectivity index (χ2v) is 4.36. The lowest BCUT2D eigenvalue weighted by Gasteiger charge is -2.14. The number of benzene rings is 1. The van der Waals surface area contributed by atoms with Crippen molar-refractivity contribution in [1.29, 1.82) is 0 Å². The molecule has 1 saturated heterocycles. The van der Waals surface area contributed by atoms with Crippen LogP contribution in [-0.4, -0.2) is 18.6 Å². The SMILES string of the molecule is CC1OCCC1C(=O)Nc1cccc(CN)c1. The summed E-state index contributed by atoms with van der Waals surface area (Å²) >= 11 is 0. The van der Waals surface area contributed by atoms with E-state index in [4.69, 9.17) is 10.5 Å². The lowest BCUT2D eigenvalue weighted by Crippen LogP contribution is -2.27. The van der Waals surface area contributed by atoms with Gasteiger partial charge in [-0.1, -0.05) is 12.1 Å². The Labute approximate surface area is 101 Å². The summed E-state index contributed by atoms with van der Waals surface area (Å²) in [6.07, 6.45) is 0.802. The Bertz CT molecular complexity index is 406. The second-order valence-electron chi connectivity index (χ2n) is 4.36. The molecule has 92 valence electrons. The number of rotatable bonds is 3. The first-order valence-corrected chi connectivity index (χ1v) is 5.92. The number of anilines is 1. The monoisotopic (exact) mass is 234 g/mol. The lowest BCUT2D eigenvalue weighted by atomic mass is 10.0. The minimum Gasteiger partial charge on any atom is -0.378 e. The Morgan fingerprint density at radius 1 is 1.59 bits per heavy atom. The average molecular weight is 234 g/mol. The molecule has 1 aliphatic rings. The van der Waals surface area contributed by atoms with E-state index in [0.29, 0.717) is 13.2 Å². The molecule has 0 spiro atoms. The van der Waals surface area contributed by atoms with Crippen molar-refractivity contribution >= 4 is 11.6 Å². The third-order valence-electron chi connectivity index (χ3n) is 3.14. The molecule has 4 nitrogen and oxygen atoms in total. The zero-order chi connectivity index (χ0) is 12.3. The van der Waals surface area contributed by atoms with Crippen molar-refractivity contribution in [3.8, 4) is 0 Å². The van der Waals surface area contributed by atoms with Gasteiger partial charge < -0.3 is 15.8 Å². The van der Waals surface area contributed by atoms with Gasteiger partial charge in [0, 0.05) is 18.8 Å². The van der Waals surface area contributed by atoms with Gasteiger partial charge in [0.15, 0.2) is 0 Å². The number of carbonyl (C=O) groups excluding carboxylic acids is 1. The molecule has 3 N–H and O–H groups in total. The molecule has 1 amide bonds. The maximum Gasteiger partial charge on any atom is 0.230 e. The quantitative estimate of drug-likeness (QED) is 0.833. The van der Waals surface area contributed by atoms with Crippen LogP contribution in [-0.2, 0) is 16.1 Å². The normalized spacial score (nSPS) is 23.6. The fourth-order valence-corrected chi connectivity index (χ4v) is 2.09. The first kappa shape index (κ1) is 12.1. The Morgan fingerprint density at radius 3 is 3.06 bits per heavy atom. The number of nitrogens with one attached hydrogen (secondary N) is 1. The van der Waals surface area contributed by atoms with Gasteiger partial charge in [-0.15, -0.1) is 0 Å². The number of nitrogens with two attached hydrogens (primary N) is 1. The van der Waals surface area contributed by atoms with Gasteiger partial charge in [0.25, 0.3) is 0 Å². The van der Waals surface area contributed by atoms with E-state index < -0.39 is 0 Å². The van der Waals surface area contributed by atoms with Crippen molar-refractivity contribution in [2.75, 3.05) is 11.9 Å². The summed E-state index contributed by atoms with van der Waals surface area (Å²) in [6, 6.07) is 7.61. The molecule has 0 bridgehead atoms. The zero-order valence-corrected chi connectivity index (χ0v) is 9.98. The number of ether oxygens (including phenoxy) is 1. The van der Waals surface area contributed by atoms with E-state index in [1.807, 2.05) is 31.2 Å². The average Bonchev–Trinajstić information content (AvgIpc) is 2.76. The third kappa shape index (κ3) is 2.84. The summed E-state index contributed by atoms with van der Waals surface area (Å²) in [4.78, 5) is 12.0. The number of carbonyl (C=O) groups is 1. The maximum absolute atomic E-state index is 12.0. The van der Waals surface area contributed by atoms with Crippen LogP contribution in [0.25, 0.3) is 0 Å². The second kappa shape index (κ2) is 5.29. The Morgan fingerprint density at radius 2 is 2.41 bits per heavy atom. The summed E-state index contributed by atoms with van der Waals surface area (Å²) in [6.45, 7) is 3.09. The van der Waals surface area contributed by atoms with Crippen LogP contribution in [0.15, 0.2) is 24.3 Å². The number of amides is 1. The van der Waals surface area contributed by atoms with E-state index in [1.54, 1.807) is 0 Å². The maximum atomic E-state index is 12.0. The Balaban J connectivity index is 2.02. The van der Waals surface area contributed by atoms with Crippen LogP contribution in [0.3, 0.4) is 0 Å². The van der Waals surface area contributed by atoms with E-state index >= 15 is 0 Å². The van der Waals surface area contributed by atoms with Crippen molar-refractivity contribution < 1.29 is 9.53 Å². The summed E-state index contributed by atoms with van der Waals surface area (Å²) in [5.74, 6) is -0.0132. The molecular weight excluding hydrogens is 216 g/mol. The van der Waals surface area contributed by atoms with E-state index in [1.165, 1.54) is 0 Å². The third-order valence-corrected chi connectivity index (χ3v) is 3.14. The molecule has 17 heavy (non-hydrogen) atoms. The highest BCUT2D eigenvalue weighted by molar-refractivity contribution is 5.93. The molecular formula is C13H18N2O2. The predicted octanol–water partition coefficient (Wildman–Crippen LogP) is 1.51. The fraction of sp³-hybridized carbons (Fsp3) is 0.462. The first-order valence-electron chi connectivity index (χ1n) is 5.92. The van der Waals surface area contributed by atoms with Crippen molar-refractivity contribution in [3.05, 3.63) is 29.8 Å². The highest BCUT2D eigenvalue weighted by Crippen LogP contribution is 2.22. The predicted molar refractivity (Wildman–Crippen MR) is 66.5 cm³/mol. The zero-order valence-electron chi connectivity index (χ0n) is 9.98. The van der Waals surface area contributed by atoms with Gasteiger partial charge in [0.2, 0.25) is 5.91 Å². The Hall–Kier alpha value is -1.39. The van der Waals surface area contributed by atoms with Gasteiger partial charge in [-0.2, -0.15) is 0 Å². The molecule has 0 aliphatic carbocycles. The summed E-state index contributed by atoms with van der Waals surface area (Å²) in [5.41, 5.74) is 7.38.